The molecule has 178 valence electrons. The van der Waals surface area contributed by atoms with Crippen molar-refractivity contribution in [1.82, 2.24) is 19.5 Å². The van der Waals surface area contributed by atoms with Crippen molar-refractivity contribution >= 4 is 39.7 Å². The number of aromatic amines is 1. The van der Waals surface area contributed by atoms with Crippen LogP contribution in [-0.4, -0.2) is 58.7 Å². The van der Waals surface area contributed by atoms with Crippen molar-refractivity contribution in [3.05, 3.63) is 28.8 Å². The van der Waals surface area contributed by atoms with Gasteiger partial charge in [-0.05, 0) is 0 Å². The molecule has 2 aromatic heterocycles. The number of imidazole rings is 1. The molecule has 1 aliphatic carbocycles. The lowest BCUT2D eigenvalue weighted by molar-refractivity contribution is 0.0968. The van der Waals surface area contributed by atoms with E-state index < -0.39 is 52.0 Å². The fraction of sp³-hybridized carbons (Fsp3) is 0.462. The molecule has 5 atom stereocenters. The second kappa shape index (κ2) is 8.23. The third-order valence-electron chi connectivity index (χ3n) is 4.36. The van der Waals surface area contributed by atoms with Crippen molar-refractivity contribution in [3.63, 3.8) is 0 Å². The number of hydrogen-bond donors (Lipinski definition) is 5. The number of aromatic nitrogens is 4. The number of fused-ring (bicyclic) bond motifs is 1. The summed E-state index contributed by atoms with van der Waals surface area (Å²) in [6.07, 6.45) is 2.39. The fourth-order valence-corrected chi connectivity index (χ4v) is 7.38. The molecule has 0 fully saturated rings. The Morgan fingerprint density at radius 1 is 1.31 bits per heavy atom. The summed E-state index contributed by atoms with van der Waals surface area (Å²) in [7, 11) is -17.0. The van der Waals surface area contributed by atoms with Gasteiger partial charge in [0.1, 0.15) is 6.35 Å². The predicted octanol–water partition coefficient (Wildman–Crippen LogP) is 1.38. The molecule has 3 rings (SSSR count). The highest BCUT2D eigenvalue weighted by atomic mass is 31.3. The largest absolute Gasteiger partial charge is 0.418 e. The van der Waals surface area contributed by atoms with E-state index in [0.717, 1.165) is 0 Å². The number of ether oxygens (including phenoxy) is 1. The summed E-state index contributed by atoms with van der Waals surface area (Å²) in [5, 5.41) is -5.16. The highest BCUT2D eigenvalue weighted by molar-refractivity contribution is 7.78. The SMILES string of the molecule is CP(=O)(O)C(F)(F)P(=O)(O)OP(=O)(O)CO[C@H]1C=C[C@@H](n2cnc3c(=O)[nH]c(N)nc32)C1. The Labute approximate surface area is 177 Å². The van der Waals surface area contributed by atoms with Crippen LogP contribution in [0.3, 0.4) is 0 Å². The van der Waals surface area contributed by atoms with Gasteiger partial charge in [-0.1, -0.05) is 12.2 Å². The molecule has 0 amide bonds. The van der Waals surface area contributed by atoms with Gasteiger partial charge >= 0.3 is 20.6 Å². The molecule has 0 radical (unpaired) electrons. The minimum Gasteiger partial charge on any atom is -0.369 e. The molecule has 0 saturated carbocycles. The normalized spacial score (nSPS) is 24.8. The minimum absolute atomic E-state index is 0.0296. The first-order valence-corrected chi connectivity index (χ1v) is 14.1. The van der Waals surface area contributed by atoms with Crippen molar-refractivity contribution in [1.29, 1.82) is 0 Å². The Hall–Kier alpha value is -1.76. The number of hydrogen-bond acceptors (Lipinski definition) is 9. The van der Waals surface area contributed by atoms with Crippen molar-refractivity contribution < 1.29 is 46.2 Å². The first kappa shape index (κ1) is 24.9. The molecular weight excluding hydrogens is 501 g/mol. The molecule has 6 N–H and O–H groups in total. The number of allylic oxidation sites excluding steroid dienone is 1. The van der Waals surface area contributed by atoms with E-state index in [-0.39, 0.29) is 30.2 Å². The Morgan fingerprint density at radius 2 is 1.97 bits per heavy atom. The Kier molecular flexibility index (Phi) is 6.39. The summed E-state index contributed by atoms with van der Waals surface area (Å²) >= 11 is 0. The predicted molar refractivity (Wildman–Crippen MR) is 107 cm³/mol. The summed E-state index contributed by atoms with van der Waals surface area (Å²) in [5.41, 5.74) is 5.18. The van der Waals surface area contributed by atoms with E-state index in [2.05, 4.69) is 19.3 Å². The van der Waals surface area contributed by atoms with Crippen LogP contribution in [-0.2, 0) is 22.7 Å². The Balaban J connectivity index is 1.66. The molecular formula is C13H18F2N5O9P3. The van der Waals surface area contributed by atoms with Crippen LogP contribution >= 0.6 is 22.6 Å². The number of nitrogens with one attached hydrogen (secondary N) is 1. The van der Waals surface area contributed by atoms with E-state index in [1.807, 2.05) is 0 Å². The van der Waals surface area contributed by atoms with Crippen LogP contribution in [0.4, 0.5) is 14.7 Å². The highest BCUT2D eigenvalue weighted by Gasteiger charge is 2.64. The summed E-state index contributed by atoms with van der Waals surface area (Å²) in [6, 6.07) is -0.466. The first-order chi connectivity index (χ1) is 14.5. The van der Waals surface area contributed by atoms with Gasteiger partial charge in [-0.25, -0.2) is 9.29 Å². The van der Waals surface area contributed by atoms with Crippen LogP contribution in [0.25, 0.3) is 11.2 Å². The summed E-state index contributed by atoms with van der Waals surface area (Å²) < 4.78 is 72.6. The third kappa shape index (κ3) is 4.78. The molecule has 14 nitrogen and oxygen atoms in total. The zero-order chi connectivity index (χ0) is 24.1. The smallest absolute Gasteiger partial charge is 0.369 e. The average molecular weight is 519 g/mol. The van der Waals surface area contributed by atoms with Crippen LogP contribution < -0.4 is 11.3 Å². The number of H-pyrrole nitrogens is 1. The summed E-state index contributed by atoms with van der Waals surface area (Å²) in [6.45, 7) is 0.109. The third-order valence-corrected chi connectivity index (χ3v) is 10.3. The lowest BCUT2D eigenvalue weighted by Gasteiger charge is -2.25. The van der Waals surface area contributed by atoms with Gasteiger partial charge in [0.05, 0.1) is 18.5 Å². The van der Waals surface area contributed by atoms with Gasteiger partial charge < -0.3 is 29.7 Å². The maximum Gasteiger partial charge on any atom is 0.418 e. The van der Waals surface area contributed by atoms with Crippen molar-refractivity contribution in [2.24, 2.45) is 0 Å². The second-order valence-electron chi connectivity index (χ2n) is 6.93. The van der Waals surface area contributed by atoms with E-state index >= 15 is 0 Å². The molecule has 0 spiro atoms. The van der Waals surface area contributed by atoms with E-state index in [0.29, 0.717) is 0 Å². The van der Waals surface area contributed by atoms with Crippen LogP contribution in [0, 0.1) is 0 Å². The van der Waals surface area contributed by atoms with Gasteiger partial charge in [0.25, 0.3) is 12.9 Å². The fourth-order valence-electron chi connectivity index (χ4n) is 2.83. The van der Waals surface area contributed by atoms with Crippen molar-refractivity contribution in [2.45, 2.75) is 24.0 Å². The Bertz CT molecular complexity index is 1270. The van der Waals surface area contributed by atoms with E-state index in [1.54, 1.807) is 6.08 Å². The molecule has 19 heteroatoms. The first-order valence-electron chi connectivity index (χ1n) is 8.60. The topological polar surface area (TPSA) is 220 Å². The summed E-state index contributed by atoms with van der Waals surface area (Å²) in [5.74, 6) is -0.137. The lowest BCUT2D eigenvalue weighted by Crippen LogP contribution is -2.19. The maximum absolute atomic E-state index is 13.7. The molecule has 0 saturated heterocycles. The van der Waals surface area contributed by atoms with Gasteiger partial charge in [-0.3, -0.25) is 23.5 Å². The molecule has 2 heterocycles. The molecule has 0 bridgehead atoms. The monoisotopic (exact) mass is 519 g/mol. The van der Waals surface area contributed by atoms with Crippen LogP contribution in [0.2, 0.25) is 0 Å². The molecule has 32 heavy (non-hydrogen) atoms. The lowest BCUT2D eigenvalue weighted by atomic mass is 10.2. The molecule has 3 unspecified atom stereocenters. The number of halogens is 2. The number of nitrogens with two attached hydrogens (primary N) is 1. The standard InChI is InChI=1S/C13H18F2N5O9P3/c1-30(22,23)13(14,15)32(26,27)29-31(24,25)6-28-8-3-2-7(4-8)20-5-17-9-10(20)18-12(16)19-11(9)21/h2-3,5,7-8H,4,6H2,1H3,(H,22,23)(H,24,25)(H,26,27)(H3,16,18,19,21)/t7-,8+/m1/s1. The second-order valence-corrected chi connectivity index (χ2v) is 13.4. The highest BCUT2D eigenvalue weighted by Crippen LogP contribution is 2.77. The van der Waals surface area contributed by atoms with Crippen LogP contribution in [0.15, 0.2) is 23.3 Å². The molecule has 2 aromatic rings. The van der Waals surface area contributed by atoms with Gasteiger partial charge in [0.2, 0.25) is 5.95 Å². The van der Waals surface area contributed by atoms with E-state index in [9.17, 15) is 37.1 Å². The number of nitrogens with zero attached hydrogens (tertiary/aromatic N) is 3. The van der Waals surface area contributed by atoms with Gasteiger partial charge in [0, 0.05) is 13.1 Å². The van der Waals surface area contributed by atoms with Crippen molar-refractivity contribution in [2.75, 3.05) is 18.7 Å². The molecule has 0 aliphatic heterocycles. The minimum atomic E-state index is -6.31. The van der Waals surface area contributed by atoms with Gasteiger partial charge in [-0.2, -0.15) is 13.8 Å². The average Bonchev–Trinajstić information content (AvgIpc) is 3.24. The van der Waals surface area contributed by atoms with E-state index in [4.69, 9.17) is 15.4 Å². The Morgan fingerprint density at radius 3 is 2.59 bits per heavy atom. The molecule has 1 aliphatic rings. The number of alkyl halides is 2. The zero-order valence-electron chi connectivity index (χ0n) is 16.1. The van der Waals surface area contributed by atoms with Gasteiger partial charge in [-0.15, -0.1) is 0 Å². The van der Waals surface area contributed by atoms with Crippen molar-refractivity contribution in [3.8, 4) is 0 Å². The number of nitrogen functional groups attached to an aromatic ring is 1. The zero-order valence-corrected chi connectivity index (χ0v) is 18.8. The van der Waals surface area contributed by atoms with Crippen LogP contribution in [0.1, 0.15) is 12.5 Å². The van der Waals surface area contributed by atoms with Gasteiger partial charge in [0.15, 0.2) is 11.2 Å². The number of anilines is 1. The number of rotatable bonds is 8. The quantitative estimate of drug-likeness (QED) is 0.247. The van der Waals surface area contributed by atoms with E-state index in [1.165, 1.54) is 17.0 Å². The van der Waals surface area contributed by atoms with Crippen LogP contribution in [0.5, 0.6) is 0 Å². The maximum atomic E-state index is 13.7. The summed E-state index contributed by atoms with van der Waals surface area (Å²) in [4.78, 5) is 50.0. The molecule has 0 aromatic carbocycles.